The summed E-state index contributed by atoms with van der Waals surface area (Å²) in [4.78, 5) is 16.0. The molecule has 0 bridgehead atoms. The predicted octanol–water partition coefficient (Wildman–Crippen LogP) is 5.94. The molecular formula is C34H35N3O3. The van der Waals surface area contributed by atoms with Crippen molar-refractivity contribution in [1.82, 2.24) is 10.3 Å². The second-order valence-corrected chi connectivity index (χ2v) is 9.91. The van der Waals surface area contributed by atoms with E-state index >= 15 is 0 Å². The highest BCUT2D eigenvalue weighted by Crippen LogP contribution is 2.25. The lowest BCUT2D eigenvalue weighted by atomic mass is 10.0. The van der Waals surface area contributed by atoms with Crippen LogP contribution >= 0.6 is 0 Å². The molecular weight excluding hydrogens is 498 g/mol. The minimum atomic E-state index is -0.570. The normalized spacial score (nSPS) is 11.7. The maximum atomic E-state index is 12.7. The molecule has 4 aromatic carbocycles. The van der Waals surface area contributed by atoms with Gasteiger partial charge in [-0.05, 0) is 59.7 Å². The Bertz CT molecular complexity index is 1450. The summed E-state index contributed by atoms with van der Waals surface area (Å²) >= 11 is 0. The smallest absolute Gasteiger partial charge is 0.236 e. The maximum Gasteiger partial charge on any atom is 0.236 e. The molecule has 1 heterocycles. The quantitative estimate of drug-likeness (QED) is 0.175. The molecule has 0 radical (unpaired) electrons. The van der Waals surface area contributed by atoms with E-state index in [0.717, 1.165) is 40.1 Å². The first-order valence-corrected chi connectivity index (χ1v) is 13.7. The largest absolute Gasteiger partial charge is 0.489 e. The molecule has 0 aliphatic rings. The van der Waals surface area contributed by atoms with E-state index in [1.807, 2.05) is 103 Å². The topological polar surface area (TPSA) is 89.4 Å². The number of hydrogen-bond donors (Lipinski definition) is 3. The zero-order valence-electron chi connectivity index (χ0n) is 22.5. The molecule has 0 fully saturated rings. The number of nitrogens with one attached hydrogen (secondary N) is 2. The highest BCUT2D eigenvalue weighted by Gasteiger charge is 2.14. The molecule has 0 saturated carbocycles. The van der Waals surface area contributed by atoms with Gasteiger partial charge in [0.15, 0.2) is 0 Å². The molecule has 0 aliphatic carbocycles. The number of aryl methyl sites for hydroxylation is 1. The Labute approximate surface area is 235 Å². The second-order valence-electron chi connectivity index (χ2n) is 9.91. The second kappa shape index (κ2) is 13.5. The third-order valence-corrected chi connectivity index (χ3v) is 6.89. The Balaban J connectivity index is 1.16. The van der Waals surface area contributed by atoms with Crippen LogP contribution in [-0.2, 0) is 30.8 Å². The van der Waals surface area contributed by atoms with Gasteiger partial charge in [0.25, 0.3) is 0 Å². The number of carbonyl (C=O) groups is 1. The van der Waals surface area contributed by atoms with E-state index in [1.54, 1.807) is 0 Å². The van der Waals surface area contributed by atoms with Crippen LogP contribution in [0.4, 0.5) is 0 Å². The Morgan fingerprint density at radius 1 is 0.750 bits per heavy atom. The van der Waals surface area contributed by atoms with Gasteiger partial charge < -0.3 is 25.5 Å². The van der Waals surface area contributed by atoms with Crippen LogP contribution in [0.3, 0.4) is 0 Å². The van der Waals surface area contributed by atoms with Gasteiger partial charge in [0.05, 0.1) is 6.04 Å². The summed E-state index contributed by atoms with van der Waals surface area (Å²) in [5.41, 5.74) is 11.7. The van der Waals surface area contributed by atoms with Crippen LogP contribution in [0.25, 0.3) is 10.9 Å². The lowest BCUT2D eigenvalue weighted by Crippen LogP contribution is -2.41. The van der Waals surface area contributed by atoms with Crippen molar-refractivity contribution in [2.75, 3.05) is 6.54 Å². The molecule has 40 heavy (non-hydrogen) atoms. The Morgan fingerprint density at radius 3 is 2.00 bits per heavy atom. The first-order valence-electron chi connectivity index (χ1n) is 13.7. The first-order chi connectivity index (χ1) is 19.6. The van der Waals surface area contributed by atoms with Crippen LogP contribution in [-0.4, -0.2) is 23.5 Å². The highest BCUT2D eigenvalue weighted by atomic mass is 16.5. The van der Waals surface area contributed by atoms with Crippen molar-refractivity contribution in [2.45, 2.75) is 38.5 Å². The predicted molar refractivity (Wildman–Crippen MR) is 159 cm³/mol. The monoisotopic (exact) mass is 533 g/mol. The lowest BCUT2D eigenvalue weighted by Gasteiger charge is -2.14. The number of carbonyl (C=O) groups excluding carboxylic acids is 1. The molecule has 1 atom stereocenters. The molecule has 0 saturated heterocycles. The number of para-hydroxylation sites is 1. The molecule has 6 nitrogen and oxygen atoms in total. The molecule has 5 rings (SSSR count). The van der Waals surface area contributed by atoms with Gasteiger partial charge >= 0.3 is 0 Å². The van der Waals surface area contributed by atoms with Crippen LogP contribution in [0.2, 0.25) is 0 Å². The zero-order chi connectivity index (χ0) is 27.6. The zero-order valence-corrected chi connectivity index (χ0v) is 22.5. The molecule has 1 aromatic heterocycles. The van der Waals surface area contributed by atoms with Crippen LogP contribution < -0.4 is 20.5 Å². The molecule has 0 spiro atoms. The van der Waals surface area contributed by atoms with Gasteiger partial charge in [-0.1, -0.05) is 78.9 Å². The molecule has 204 valence electrons. The highest BCUT2D eigenvalue weighted by molar-refractivity contribution is 5.84. The number of amides is 1. The van der Waals surface area contributed by atoms with Crippen LogP contribution in [0.5, 0.6) is 11.5 Å². The number of aromatic nitrogens is 1. The summed E-state index contributed by atoms with van der Waals surface area (Å²) < 4.78 is 12.2. The molecule has 6 heteroatoms. The van der Waals surface area contributed by atoms with Gasteiger partial charge in [-0.25, -0.2) is 0 Å². The van der Waals surface area contributed by atoms with Crippen molar-refractivity contribution in [2.24, 2.45) is 5.73 Å². The van der Waals surface area contributed by atoms with Gasteiger partial charge in [-0.3, -0.25) is 4.79 Å². The van der Waals surface area contributed by atoms with Crippen LogP contribution in [0.1, 0.15) is 28.7 Å². The van der Waals surface area contributed by atoms with Crippen molar-refractivity contribution in [3.63, 3.8) is 0 Å². The van der Waals surface area contributed by atoms with E-state index in [1.165, 1.54) is 10.9 Å². The maximum absolute atomic E-state index is 12.7. The summed E-state index contributed by atoms with van der Waals surface area (Å²) in [5.74, 6) is 1.31. The van der Waals surface area contributed by atoms with Crippen molar-refractivity contribution >= 4 is 16.8 Å². The van der Waals surface area contributed by atoms with E-state index in [0.29, 0.717) is 32.6 Å². The summed E-state index contributed by atoms with van der Waals surface area (Å²) in [7, 11) is 0. The molecule has 5 aromatic rings. The standard InChI is InChI=1S/C34H35N3O3/c35-32(16-15-28-22-37-33-14-8-7-13-31(28)33)34(38)36-18-17-27-19-29(39-23-25-9-3-1-4-10-25)21-30(20-27)40-24-26-11-5-2-6-12-26/h1-14,19-22,32,37H,15-18,23-24,35H2,(H,36,38)/t32-/m0/s1. The van der Waals surface area contributed by atoms with Crippen molar-refractivity contribution < 1.29 is 14.3 Å². The van der Waals surface area contributed by atoms with Crippen LogP contribution in [0.15, 0.2) is 109 Å². The number of benzene rings is 4. The van der Waals surface area contributed by atoms with Crippen molar-refractivity contribution in [3.8, 4) is 11.5 Å². The fraction of sp³-hybridized carbons (Fsp3) is 0.206. The van der Waals surface area contributed by atoms with Gasteiger partial charge in [0.1, 0.15) is 24.7 Å². The molecule has 0 aliphatic heterocycles. The number of hydrogen-bond acceptors (Lipinski definition) is 4. The van der Waals surface area contributed by atoms with E-state index < -0.39 is 6.04 Å². The van der Waals surface area contributed by atoms with E-state index in [-0.39, 0.29) is 5.91 Å². The van der Waals surface area contributed by atoms with Crippen LogP contribution in [0, 0.1) is 0 Å². The van der Waals surface area contributed by atoms with E-state index in [4.69, 9.17) is 15.2 Å². The summed E-state index contributed by atoms with van der Waals surface area (Å²) in [6.07, 6.45) is 3.94. The third-order valence-electron chi connectivity index (χ3n) is 6.89. The van der Waals surface area contributed by atoms with E-state index in [9.17, 15) is 4.79 Å². The van der Waals surface area contributed by atoms with Gasteiger partial charge in [-0.2, -0.15) is 0 Å². The summed E-state index contributed by atoms with van der Waals surface area (Å²) in [6.45, 7) is 1.40. The van der Waals surface area contributed by atoms with Crippen molar-refractivity contribution in [1.29, 1.82) is 0 Å². The summed E-state index contributed by atoms with van der Waals surface area (Å²) in [6, 6.07) is 33.6. The number of fused-ring (bicyclic) bond motifs is 1. The van der Waals surface area contributed by atoms with E-state index in [2.05, 4.69) is 16.4 Å². The molecule has 0 unspecified atom stereocenters. The lowest BCUT2D eigenvalue weighted by molar-refractivity contribution is -0.122. The van der Waals surface area contributed by atoms with Crippen molar-refractivity contribution in [3.05, 3.63) is 132 Å². The summed E-state index contributed by atoms with van der Waals surface area (Å²) in [5, 5.41) is 4.18. The Hall–Kier alpha value is -4.55. The number of aromatic amines is 1. The molecule has 4 N–H and O–H groups in total. The number of ether oxygens (including phenoxy) is 2. The minimum absolute atomic E-state index is 0.142. The van der Waals surface area contributed by atoms with Gasteiger partial charge in [-0.15, -0.1) is 0 Å². The fourth-order valence-electron chi connectivity index (χ4n) is 4.67. The average Bonchev–Trinajstić information content (AvgIpc) is 3.42. The number of rotatable bonds is 13. The third kappa shape index (κ3) is 7.52. The van der Waals surface area contributed by atoms with Gasteiger partial charge in [0.2, 0.25) is 5.91 Å². The Morgan fingerprint density at radius 2 is 1.35 bits per heavy atom. The number of nitrogens with two attached hydrogens (primary N) is 1. The first kappa shape index (κ1) is 27.0. The number of H-pyrrole nitrogens is 1. The van der Waals surface area contributed by atoms with Gasteiger partial charge in [0, 0.05) is 29.7 Å². The Kier molecular flexibility index (Phi) is 9.12. The SMILES string of the molecule is N[C@@H](CCc1c[nH]c2ccccc12)C(=O)NCCc1cc(OCc2ccccc2)cc(OCc2ccccc2)c1. The molecule has 1 amide bonds. The fourth-order valence-corrected chi connectivity index (χ4v) is 4.67. The minimum Gasteiger partial charge on any atom is -0.489 e. The average molecular weight is 534 g/mol.